The number of aryl methyl sites for hydroxylation is 1. The number of hydrogen-bond acceptors (Lipinski definition) is 4. The van der Waals surface area contributed by atoms with E-state index >= 15 is 0 Å². The molecule has 0 aliphatic carbocycles. The molecule has 0 aromatic heterocycles. The molecule has 4 nitrogen and oxygen atoms in total. The Morgan fingerprint density at radius 3 is 2.82 bits per heavy atom. The van der Waals surface area contributed by atoms with Crippen molar-refractivity contribution in [3.05, 3.63) is 34.9 Å². The number of rotatable bonds is 6. The van der Waals surface area contributed by atoms with Gasteiger partial charge in [-0.3, -0.25) is 0 Å². The van der Waals surface area contributed by atoms with Crippen LogP contribution in [0.5, 0.6) is 0 Å². The fourth-order valence-corrected chi connectivity index (χ4v) is 1.54. The van der Waals surface area contributed by atoms with Crippen molar-refractivity contribution in [2.75, 3.05) is 6.61 Å². The molecule has 0 atom stereocenters. The number of aldehydes is 1. The van der Waals surface area contributed by atoms with Crippen LogP contribution in [0.3, 0.4) is 0 Å². The lowest BCUT2D eigenvalue weighted by Crippen LogP contribution is -2.09. The molecule has 0 aliphatic rings. The Bertz CT molecular complexity index is 398. The van der Waals surface area contributed by atoms with E-state index in [0.717, 1.165) is 11.8 Å². The Morgan fingerprint density at radius 1 is 1.47 bits per heavy atom. The molecule has 1 aromatic rings. The first-order valence-corrected chi connectivity index (χ1v) is 5.56. The summed E-state index contributed by atoms with van der Waals surface area (Å²) in [5.74, 6) is -0.440. The van der Waals surface area contributed by atoms with E-state index in [1.807, 2.05) is 0 Å². The number of aliphatic hydroxyl groups is 1. The second-order valence-electron chi connectivity index (χ2n) is 3.58. The molecule has 0 amide bonds. The van der Waals surface area contributed by atoms with Gasteiger partial charge in [0.2, 0.25) is 0 Å². The normalized spacial score (nSPS) is 10.0. The molecule has 4 heteroatoms. The molecule has 1 N–H and O–H groups in total. The highest BCUT2D eigenvalue weighted by atomic mass is 16.5. The summed E-state index contributed by atoms with van der Waals surface area (Å²) >= 11 is 0. The Kier molecular flexibility index (Phi) is 5.36. The molecule has 0 saturated carbocycles. The number of carbonyl (C=O) groups is 2. The van der Waals surface area contributed by atoms with Gasteiger partial charge in [-0.1, -0.05) is 12.1 Å². The summed E-state index contributed by atoms with van der Waals surface area (Å²) < 4.78 is 4.91. The third-order valence-corrected chi connectivity index (χ3v) is 2.39. The Morgan fingerprint density at radius 2 is 2.24 bits per heavy atom. The highest BCUT2D eigenvalue weighted by molar-refractivity contribution is 5.91. The van der Waals surface area contributed by atoms with Crippen molar-refractivity contribution in [1.82, 2.24) is 0 Å². The van der Waals surface area contributed by atoms with Gasteiger partial charge in [-0.05, 0) is 30.5 Å². The number of hydrogen-bond donors (Lipinski definition) is 1. The van der Waals surface area contributed by atoms with Crippen LogP contribution in [-0.4, -0.2) is 24.0 Å². The van der Waals surface area contributed by atoms with Crippen molar-refractivity contribution in [1.29, 1.82) is 0 Å². The molecule has 0 fully saturated rings. The first-order chi connectivity index (χ1) is 8.22. The van der Waals surface area contributed by atoms with Gasteiger partial charge in [0.05, 0.1) is 18.8 Å². The van der Waals surface area contributed by atoms with E-state index in [9.17, 15) is 9.59 Å². The predicted octanol–water partition coefficient (Wildman–Crippen LogP) is 1.49. The van der Waals surface area contributed by atoms with Crippen LogP contribution in [-0.2, 0) is 22.6 Å². The maximum absolute atomic E-state index is 11.6. The molecular formula is C13H16O4. The molecule has 0 aliphatic heterocycles. The van der Waals surface area contributed by atoms with Crippen LogP contribution in [0.4, 0.5) is 0 Å². The first-order valence-electron chi connectivity index (χ1n) is 5.56. The van der Waals surface area contributed by atoms with Gasteiger partial charge < -0.3 is 14.6 Å². The lowest BCUT2D eigenvalue weighted by Gasteiger charge is -2.08. The van der Waals surface area contributed by atoms with Crippen LogP contribution in [0.1, 0.15) is 34.8 Å². The number of benzene rings is 1. The van der Waals surface area contributed by atoms with Gasteiger partial charge >= 0.3 is 5.97 Å². The van der Waals surface area contributed by atoms with Crippen LogP contribution in [0.25, 0.3) is 0 Å². The largest absolute Gasteiger partial charge is 0.462 e. The van der Waals surface area contributed by atoms with Crippen LogP contribution < -0.4 is 0 Å². The minimum absolute atomic E-state index is 0.206. The zero-order valence-corrected chi connectivity index (χ0v) is 9.81. The van der Waals surface area contributed by atoms with Crippen molar-refractivity contribution in [3.8, 4) is 0 Å². The van der Waals surface area contributed by atoms with Gasteiger partial charge in [-0.25, -0.2) is 4.79 Å². The monoisotopic (exact) mass is 236 g/mol. The van der Waals surface area contributed by atoms with Crippen LogP contribution >= 0.6 is 0 Å². The fraction of sp³-hybridized carbons (Fsp3) is 0.385. The van der Waals surface area contributed by atoms with Crippen molar-refractivity contribution in [3.63, 3.8) is 0 Å². The van der Waals surface area contributed by atoms with E-state index in [1.165, 1.54) is 0 Å². The third kappa shape index (κ3) is 3.67. The number of carbonyl (C=O) groups excluding carboxylic acids is 2. The number of aliphatic hydroxyl groups excluding tert-OH is 1. The number of esters is 1. The Labute approximate surface area is 100 Å². The molecule has 1 rings (SSSR count). The van der Waals surface area contributed by atoms with Gasteiger partial charge in [-0.15, -0.1) is 0 Å². The fourth-order valence-electron chi connectivity index (χ4n) is 1.54. The zero-order valence-electron chi connectivity index (χ0n) is 9.81. The molecule has 0 unspecified atom stereocenters. The maximum atomic E-state index is 11.6. The third-order valence-electron chi connectivity index (χ3n) is 2.39. The average Bonchev–Trinajstić information content (AvgIpc) is 2.36. The second-order valence-corrected chi connectivity index (χ2v) is 3.58. The summed E-state index contributed by atoms with van der Waals surface area (Å²) in [6, 6.07) is 5.16. The van der Waals surface area contributed by atoms with Gasteiger partial charge in [0.25, 0.3) is 0 Å². The summed E-state index contributed by atoms with van der Waals surface area (Å²) in [6.45, 7) is 1.82. The lowest BCUT2D eigenvalue weighted by molar-refractivity contribution is -0.107. The van der Waals surface area contributed by atoms with Gasteiger partial charge in [-0.2, -0.15) is 0 Å². The van der Waals surface area contributed by atoms with E-state index in [0.29, 0.717) is 30.6 Å². The Hall–Kier alpha value is -1.68. The van der Waals surface area contributed by atoms with Gasteiger partial charge in [0.1, 0.15) is 6.29 Å². The zero-order chi connectivity index (χ0) is 12.7. The highest BCUT2D eigenvalue weighted by Crippen LogP contribution is 2.15. The SMILES string of the molecule is CCOC(=O)c1cc(CCC=O)ccc1CO. The van der Waals surface area contributed by atoms with Crippen molar-refractivity contribution >= 4 is 12.3 Å². The molecule has 92 valence electrons. The standard InChI is InChI=1S/C13H16O4/c1-2-17-13(16)12-8-10(4-3-7-14)5-6-11(12)9-15/h5-8,15H,2-4,9H2,1H3. The van der Waals surface area contributed by atoms with Gasteiger partial charge in [0.15, 0.2) is 0 Å². The van der Waals surface area contributed by atoms with Crippen molar-refractivity contribution in [2.45, 2.75) is 26.4 Å². The van der Waals surface area contributed by atoms with E-state index in [1.54, 1.807) is 25.1 Å². The van der Waals surface area contributed by atoms with Crippen molar-refractivity contribution in [2.24, 2.45) is 0 Å². The van der Waals surface area contributed by atoms with Crippen LogP contribution in [0, 0.1) is 0 Å². The van der Waals surface area contributed by atoms with E-state index < -0.39 is 5.97 Å². The first kappa shape index (κ1) is 13.4. The van der Waals surface area contributed by atoms with E-state index in [2.05, 4.69) is 0 Å². The summed E-state index contributed by atoms with van der Waals surface area (Å²) in [5.41, 5.74) is 1.80. The van der Waals surface area contributed by atoms with Crippen molar-refractivity contribution < 1.29 is 19.4 Å². The lowest BCUT2D eigenvalue weighted by atomic mass is 10.0. The molecule has 0 spiro atoms. The van der Waals surface area contributed by atoms with E-state index in [-0.39, 0.29) is 6.61 Å². The van der Waals surface area contributed by atoms with Gasteiger partial charge in [0, 0.05) is 6.42 Å². The summed E-state index contributed by atoms with van der Waals surface area (Å²) in [5, 5.41) is 9.14. The molecule has 1 aromatic carbocycles. The van der Waals surface area contributed by atoms with Crippen LogP contribution in [0.2, 0.25) is 0 Å². The summed E-state index contributed by atoms with van der Waals surface area (Å²) in [7, 11) is 0. The minimum Gasteiger partial charge on any atom is -0.462 e. The molecule has 0 bridgehead atoms. The molecule has 17 heavy (non-hydrogen) atoms. The highest BCUT2D eigenvalue weighted by Gasteiger charge is 2.12. The second kappa shape index (κ2) is 6.81. The molecular weight excluding hydrogens is 220 g/mol. The minimum atomic E-state index is -0.440. The Balaban J connectivity index is 2.97. The quantitative estimate of drug-likeness (QED) is 0.600. The molecule has 0 heterocycles. The predicted molar refractivity (Wildman–Crippen MR) is 62.7 cm³/mol. The van der Waals surface area contributed by atoms with E-state index in [4.69, 9.17) is 9.84 Å². The summed E-state index contributed by atoms with van der Waals surface area (Å²) in [6.07, 6.45) is 1.84. The number of ether oxygens (including phenoxy) is 1. The maximum Gasteiger partial charge on any atom is 0.338 e. The molecule has 0 radical (unpaired) electrons. The smallest absolute Gasteiger partial charge is 0.338 e. The van der Waals surface area contributed by atoms with Crippen LogP contribution in [0.15, 0.2) is 18.2 Å². The summed E-state index contributed by atoms with van der Waals surface area (Å²) in [4.78, 5) is 21.9. The average molecular weight is 236 g/mol. The molecule has 0 saturated heterocycles. The topological polar surface area (TPSA) is 63.6 Å².